The van der Waals surface area contributed by atoms with E-state index in [-0.39, 0.29) is 26.0 Å². The fourth-order valence-electron chi connectivity index (χ4n) is 4.94. The van der Waals surface area contributed by atoms with Crippen molar-refractivity contribution in [2.45, 2.75) is 113 Å². The third-order valence-electron chi connectivity index (χ3n) is 7.18. The third kappa shape index (κ3) is 17.9. The number of ether oxygens (including phenoxy) is 1. The predicted octanol–water partition coefficient (Wildman–Crippen LogP) is 10.7. The number of carbonyl (C=O) groups is 1. The van der Waals surface area contributed by atoms with E-state index in [9.17, 15) is 4.39 Å². The van der Waals surface area contributed by atoms with Crippen molar-refractivity contribution in [1.29, 1.82) is 0 Å². The number of aryl methyl sites for hydroxylation is 1. The van der Waals surface area contributed by atoms with E-state index in [4.69, 9.17) is 16.2 Å². The van der Waals surface area contributed by atoms with Gasteiger partial charge < -0.3 is 10.1 Å². The van der Waals surface area contributed by atoms with Crippen LogP contribution in [0.1, 0.15) is 120 Å². The molecule has 0 aliphatic carbocycles. The van der Waals surface area contributed by atoms with Gasteiger partial charge in [-0.25, -0.2) is 4.39 Å². The minimum Gasteiger partial charge on any atom is -0.471 e. The molecule has 1 radical (unpaired) electrons. The highest BCUT2D eigenvalue weighted by Crippen LogP contribution is 2.35. The Morgan fingerprint density at radius 3 is 2.11 bits per heavy atom. The van der Waals surface area contributed by atoms with Gasteiger partial charge >= 0.3 is 0 Å². The van der Waals surface area contributed by atoms with Gasteiger partial charge in [0.15, 0.2) is 5.84 Å². The van der Waals surface area contributed by atoms with Gasteiger partial charge in [-0.1, -0.05) is 124 Å². The van der Waals surface area contributed by atoms with Crippen LogP contribution in [0, 0.1) is 42.3 Å². The molecule has 0 amide bonds. The first-order valence-electron chi connectivity index (χ1n) is 16.5. The van der Waals surface area contributed by atoms with Gasteiger partial charge in [0.05, 0.1) is 13.2 Å². The Morgan fingerprint density at radius 1 is 1.07 bits per heavy atom. The SMILES string of the molecule is C#CC(=NCC(C)C(Cc1ccc(CCCCC)cc1)C([CH2])(C)C)N[C@@H](CCC)c1ccccc1F.CC.CC.COC=O.[HH].[HH]. The number of hydrogen-bond acceptors (Lipinski definition) is 3. The highest BCUT2D eigenvalue weighted by atomic mass is 19.1. The summed E-state index contributed by atoms with van der Waals surface area (Å²) in [6, 6.07) is 15.8. The monoisotopic (exact) mass is 614 g/mol. The number of methoxy groups -OCH3 is 1. The van der Waals surface area contributed by atoms with Crippen LogP contribution in [-0.2, 0) is 22.4 Å². The highest BCUT2D eigenvalue weighted by Gasteiger charge is 2.30. The van der Waals surface area contributed by atoms with Gasteiger partial charge in [-0.3, -0.25) is 9.79 Å². The quantitative estimate of drug-likeness (QED) is 0.0715. The van der Waals surface area contributed by atoms with Crippen molar-refractivity contribution >= 4 is 12.3 Å². The second-order valence-corrected chi connectivity index (χ2v) is 11.2. The Hall–Kier alpha value is -3.13. The van der Waals surface area contributed by atoms with Crippen LogP contribution < -0.4 is 5.32 Å². The molecule has 4 nitrogen and oxygen atoms in total. The molecule has 2 unspecified atom stereocenters. The molecule has 251 valence electrons. The van der Waals surface area contributed by atoms with Crippen molar-refractivity contribution in [2.24, 2.45) is 22.2 Å². The van der Waals surface area contributed by atoms with Gasteiger partial charge in [0.2, 0.25) is 0 Å². The van der Waals surface area contributed by atoms with E-state index in [0.717, 1.165) is 25.7 Å². The van der Waals surface area contributed by atoms with Gasteiger partial charge in [0, 0.05) is 15.0 Å². The van der Waals surface area contributed by atoms with Crippen molar-refractivity contribution in [3.63, 3.8) is 0 Å². The molecule has 0 fully saturated rings. The van der Waals surface area contributed by atoms with Crippen molar-refractivity contribution in [3.05, 3.63) is 78.0 Å². The summed E-state index contributed by atoms with van der Waals surface area (Å²) in [5.74, 6) is 3.58. The minimum atomic E-state index is -0.219. The first-order chi connectivity index (χ1) is 21.1. The maximum atomic E-state index is 14.4. The van der Waals surface area contributed by atoms with Crippen molar-refractivity contribution < 1.29 is 16.8 Å². The second kappa shape index (κ2) is 26.3. The van der Waals surface area contributed by atoms with Crippen LogP contribution in [0.3, 0.4) is 0 Å². The van der Waals surface area contributed by atoms with Crippen LogP contribution in [-0.4, -0.2) is 26.0 Å². The van der Waals surface area contributed by atoms with Gasteiger partial charge in [-0.2, -0.15) is 0 Å². The van der Waals surface area contributed by atoms with Gasteiger partial charge in [0.25, 0.3) is 6.47 Å². The number of unbranched alkanes of at least 4 members (excludes halogenated alkanes) is 2. The molecule has 0 saturated heterocycles. The molecule has 0 saturated carbocycles. The molecule has 5 heteroatoms. The standard InChI is InChI=1S/C33H46FN2.C2H4O2.2C2H6.2H2/c1-8-11-12-16-26-19-21-27(22-20-26)23-29(33(5,6)7)25(4)24-35-32(10-3)36-31(15-9-2)28-17-13-14-18-30(28)34;1-4-2-3;2*1-2;;/h3,13-14,17-22,25,29,31H,5,8-9,11-12,15-16,23-24H2,1-2,4,6-7H3,(H,35,36);2H,1H3;2*1-2H3;2*1H/t25?,29?,31-;;;;;/m0...../s1. The summed E-state index contributed by atoms with van der Waals surface area (Å²) in [5, 5.41) is 3.33. The number of aliphatic imine (C=N–C) groups is 1. The predicted molar refractivity (Wildman–Crippen MR) is 193 cm³/mol. The fraction of sp³-hybridized carbons (Fsp3) is 0.564. The van der Waals surface area contributed by atoms with Gasteiger partial charge in [-0.15, -0.1) is 6.42 Å². The molecule has 0 spiro atoms. The molecule has 0 heterocycles. The number of amidine groups is 1. The van der Waals surface area contributed by atoms with Crippen LogP contribution in [0.2, 0.25) is 0 Å². The van der Waals surface area contributed by atoms with E-state index in [0.29, 0.717) is 30.3 Å². The van der Waals surface area contributed by atoms with E-state index in [1.54, 1.807) is 6.07 Å². The Bertz CT molecular complexity index is 1060. The molecule has 2 rings (SSSR count). The average Bonchev–Trinajstić information content (AvgIpc) is 3.03. The maximum absolute atomic E-state index is 14.4. The number of benzene rings is 2. The lowest BCUT2D eigenvalue weighted by atomic mass is 9.70. The molecule has 3 atom stereocenters. The fourth-order valence-corrected chi connectivity index (χ4v) is 4.94. The first-order valence-corrected chi connectivity index (χ1v) is 16.5. The van der Waals surface area contributed by atoms with E-state index < -0.39 is 0 Å². The van der Waals surface area contributed by atoms with E-state index in [1.807, 2.05) is 39.8 Å². The van der Waals surface area contributed by atoms with Crippen molar-refractivity contribution in [1.82, 2.24) is 5.32 Å². The Balaban J connectivity index is -0.000000802. The number of nitrogens with zero attached hydrogens (tertiary/aromatic N) is 1. The molecule has 2 aromatic rings. The maximum Gasteiger partial charge on any atom is 0.292 e. The number of hydrogen-bond donors (Lipinski definition) is 1. The molecule has 0 aliphatic heterocycles. The van der Waals surface area contributed by atoms with Gasteiger partial charge in [0.1, 0.15) is 5.82 Å². The van der Waals surface area contributed by atoms with Crippen molar-refractivity contribution in [3.8, 4) is 12.3 Å². The average molecular weight is 614 g/mol. The zero-order chi connectivity index (χ0) is 34.0. The Morgan fingerprint density at radius 2 is 1.64 bits per heavy atom. The normalized spacial score (nSPS) is 12.8. The second-order valence-electron chi connectivity index (χ2n) is 11.2. The number of carbonyl (C=O) groups excluding carboxylic acids is 1. The summed E-state index contributed by atoms with van der Waals surface area (Å²) in [4.78, 5) is 13.7. The minimum absolute atomic E-state index is 0. The van der Waals surface area contributed by atoms with Gasteiger partial charge in [-0.05, 0) is 73.0 Å². The number of nitrogens with one attached hydrogen (secondary N) is 1. The van der Waals surface area contributed by atoms with E-state index in [1.165, 1.54) is 43.6 Å². The molecule has 44 heavy (non-hydrogen) atoms. The van der Waals surface area contributed by atoms with E-state index >= 15 is 0 Å². The van der Waals surface area contributed by atoms with E-state index in [2.05, 4.69) is 81.8 Å². The lowest BCUT2D eigenvalue weighted by Gasteiger charge is -2.35. The number of rotatable bonds is 15. The Labute approximate surface area is 273 Å². The topological polar surface area (TPSA) is 50.7 Å². The molecule has 0 bridgehead atoms. The van der Waals surface area contributed by atoms with Crippen LogP contribution in [0.4, 0.5) is 4.39 Å². The zero-order valence-corrected chi connectivity index (χ0v) is 29.5. The van der Waals surface area contributed by atoms with Crippen LogP contribution in [0.15, 0.2) is 53.5 Å². The number of terminal acetylenes is 1. The largest absolute Gasteiger partial charge is 0.471 e. The summed E-state index contributed by atoms with van der Waals surface area (Å²) >= 11 is 0. The summed E-state index contributed by atoms with van der Waals surface area (Å²) in [7, 11) is 1.31. The summed E-state index contributed by atoms with van der Waals surface area (Å²) in [6.45, 7) is 24.4. The molecular formula is C39H66FN2O2. The lowest BCUT2D eigenvalue weighted by Crippen LogP contribution is -2.32. The summed E-state index contributed by atoms with van der Waals surface area (Å²) in [5.41, 5.74) is 3.27. The van der Waals surface area contributed by atoms with Crippen LogP contribution in [0.25, 0.3) is 0 Å². The lowest BCUT2D eigenvalue weighted by molar-refractivity contribution is -0.126. The first kappa shape index (κ1) is 43.0. The third-order valence-corrected chi connectivity index (χ3v) is 7.18. The van der Waals surface area contributed by atoms with Crippen LogP contribution in [0.5, 0.6) is 0 Å². The molecule has 0 aliphatic rings. The summed E-state index contributed by atoms with van der Waals surface area (Å²) < 4.78 is 18.3. The highest BCUT2D eigenvalue weighted by molar-refractivity contribution is 5.98. The number of halogens is 1. The summed E-state index contributed by atoms with van der Waals surface area (Å²) in [6.07, 6.45) is 13.4. The molecule has 0 aromatic heterocycles. The van der Waals surface area contributed by atoms with Crippen molar-refractivity contribution in [2.75, 3.05) is 13.7 Å². The molecular weight excluding hydrogens is 547 g/mol. The zero-order valence-electron chi connectivity index (χ0n) is 29.5. The smallest absolute Gasteiger partial charge is 0.292 e. The Kier molecular flexibility index (Phi) is 25.7. The molecule has 2 aromatic carbocycles. The van der Waals surface area contributed by atoms with Crippen LogP contribution >= 0.6 is 0 Å². The molecule has 1 N–H and O–H groups in total.